The number of hydrogen-bond donors (Lipinski definition) is 1. The van der Waals surface area contributed by atoms with Crippen molar-refractivity contribution in [2.24, 2.45) is 28.9 Å². The molecule has 0 amide bonds. The normalized spacial score (nSPS) is 26.9. The maximum Gasteiger partial charge on any atom is 0.124 e. The first-order chi connectivity index (χ1) is 9.81. The van der Waals surface area contributed by atoms with Crippen molar-refractivity contribution in [2.45, 2.75) is 46.5 Å². The molecule has 0 radical (unpaired) electrons. The lowest BCUT2D eigenvalue weighted by molar-refractivity contribution is 0.101. The summed E-state index contributed by atoms with van der Waals surface area (Å²) in [5.41, 5.74) is 7.55. The van der Waals surface area contributed by atoms with Gasteiger partial charge in [0, 0.05) is 4.47 Å². The molecule has 3 unspecified atom stereocenters. The van der Waals surface area contributed by atoms with Crippen LogP contribution in [0.2, 0.25) is 0 Å². The van der Waals surface area contributed by atoms with Gasteiger partial charge in [-0.25, -0.2) is 4.39 Å². The topological polar surface area (TPSA) is 26.0 Å². The monoisotopic (exact) mass is 355 g/mol. The van der Waals surface area contributed by atoms with Crippen LogP contribution >= 0.6 is 15.9 Å². The number of nitrogens with two attached hydrogens (primary N) is 1. The van der Waals surface area contributed by atoms with E-state index in [1.165, 1.54) is 24.8 Å². The fourth-order valence-corrected chi connectivity index (χ4v) is 4.16. The van der Waals surface area contributed by atoms with Gasteiger partial charge in [0.2, 0.25) is 0 Å². The molecule has 0 bridgehead atoms. The molecule has 0 aromatic heterocycles. The molecule has 0 saturated heterocycles. The van der Waals surface area contributed by atoms with Gasteiger partial charge in [0.15, 0.2) is 0 Å². The van der Waals surface area contributed by atoms with Gasteiger partial charge in [-0.05, 0) is 73.1 Å². The quantitative estimate of drug-likeness (QED) is 0.795. The molecule has 2 rings (SSSR count). The van der Waals surface area contributed by atoms with Gasteiger partial charge in [-0.2, -0.15) is 0 Å². The van der Waals surface area contributed by atoms with Crippen molar-refractivity contribution in [3.05, 3.63) is 34.1 Å². The average molecular weight is 356 g/mol. The molecular weight excluding hydrogens is 329 g/mol. The molecule has 1 fully saturated rings. The van der Waals surface area contributed by atoms with E-state index in [0.717, 1.165) is 23.4 Å². The molecule has 3 heteroatoms. The van der Waals surface area contributed by atoms with Crippen molar-refractivity contribution in [2.75, 3.05) is 6.54 Å². The van der Waals surface area contributed by atoms with Crippen LogP contribution in [0.4, 0.5) is 4.39 Å². The Hall–Kier alpha value is -0.410. The zero-order valence-corrected chi connectivity index (χ0v) is 14.9. The van der Waals surface area contributed by atoms with Crippen LogP contribution in [0.1, 0.15) is 45.6 Å². The zero-order valence-electron chi connectivity index (χ0n) is 13.3. The van der Waals surface area contributed by atoms with E-state index in [9.17, 15) is 4.39 Å². The van der Waals surface area contributed by atoms with Crippen LogP contribution in [0, 0.1) is 29.0 Å². The third-order valence-corrected chi connectivity index (χ3v) is 5.90. The second-order valence-electron chi connectivity index (χ2n) is 7.57. The van der Waals surface area contributed by atoms with Gasteiger partial charge in [0.25, 0.3) is 0 Å². The minimum absolute atomic E-state index is 0.183. The van der Waals surface area contributed by atoms with Gasteiger partial charge in [-0.3, -0.25) is 0 Å². The fourth-order valence-electron chi connectivity index (χ4n) is 3.64. The Morgan fingerprint density at radius 1 is 1.24 bits per heavy atom. The van der Waals surface area contributed by atoms with E-state index in [4.69, 9.17) is 5.73 Å². The van der Waals surface area contributed by atoms with Gasteiger partial charge in [0.05, 0.1) is 0 Å². The number of benzene rings is 1. The van der Waals surface area contributed by atoms with E-state index in [0.29, 0.717) is 17.3 Å². The largest absolute Gasteiger partial charge is 0.330 e. The summed E-state index contributed by atoms with van der Waals surface area (Å²) >= 11 is 3.50. The SMILES string of the molecule is CC(C)(C)C1CCC(CN)C(Cc2ccc(F)cc2Br)C1. The Balaban J connectivity index is 2.14. The van der Waals surface area contributed by atoms with Gasteiger partial charge in [-0.1, -0.05) is 42.8 Å². The number of halogens is 2. The van der Waals surface area contributed by atoms with Crippen LogP contribution in [0.3, 0.4) is 0 Å². The molecule has 0 aliphatic heterocycles. The van der Waals surface area contributed by atoms with E-state index in [1.807, 2.05) is 6.07 Å². The highest BCUT2D eigenvalue weighted by Gasteiger charge is 2.35. The number of hydrogen-bond acceptors (Lipinski definition) is 1. The molecule has 1 aromatic rings. The Labute approximate surface area is 136 Å². The van der Waals surface area contributed by atoms with Crippen molar-refractivity contribution >= 4 is 15.9 Å². The molecule has 1 saturated carbocycles. The van der Waals surface area contributed by atoms with Crippen LogP contribution in [0.25, 0.3) is 0 Å². The van der Waals surface area contributed by atoms with E-state index < -0.39 is 0 Å². The van der Waals surface area contributed by atoms with Crippen LogP contribution < -0.4 is 5.73 Å². The lowest BCUT2D eigenvalue weighted by atomic mass is 9.64. The summed E-state index contributed by atoms with van der Waals surface area (Å²) in [6.45, 7) is 7.78. The Morgan fingerprint density at radius 3 is 2.52 bits per heavy atom. The van der Waals surface area contributed by atoms with Gasteiger partial charge in [-0.15, -0.1) is 0 Å². The second-order valence-corrected chi connectivity index (χ2v) is 8.43. The van der Waals surface area contributed by atoms with Crippen LogP contribution in [-0.2, 0) is 6.42 Å². The first kappa shape index (κ1) is 17.0. The maximum absolute atomic E-state index is 13.2. The smallest absolute Gasteiger partial charge is 0.124 e. The molecule has 1 aliphatic rings. The highest BCUT2D eigenvalue weighted by Crippen LogP contribution is 2.44. The number of rotatable bonds is 3. The molecule has 118 valence electrons. The highest BCUT2D eigenvalue weighted by molar-refractivity contribution is 9.10. The molecule has 2 N–H and O–H groups in total. The van der Waals surface area contributed by atoms with Gasteiger partial charge < -0.3 is 5.73 Å². The summed E-state index contributed by atoms with van der Waals surface area (Å²) in [5, 5.41) is 0. The standard InChI is InChI=1S/C18H27BrFN/c1-18(2,3)15-6-4-13(11-21)14(9-15)8-12-5-7-16(20)10-17(12)19/h5,7,10,13-15H,4,6,8-9,11,21H2,1-3H3. The predicted molar refractivity (Wildman–Crippen MR) is 90.6 cm³/mol. The van der Waals surface area contributed by atoms with Crippen molar-refractivity contribution in [3.8, 4) is 0 Å². The summed E-state index contributed by atoms with van der Waals surface area (Å²) in [6.07, 6.45) is 4.73. The van der Waals surface area contributed by atoms with E-state index in [2.05, 4.69) is 36.7 Å². The minimum atomic E-state index is -0.183. The van der Waals surface area contributed by atoms with Crippen molar-refractivity contribution in [1.82, 2.24) is 0 Å². The Kier molecular flexibility index (Phi) is 5.48. The van der Waals surface area contributed by atoms with Gasteiger partial charge >= 0.3 is 0 Å². The molecule has 3 atom stereocenters. The summed E-state index contributed by atoms with van der Waals surface area (Å²) < 4.78 is 14.1. The third kappa shape index (κ3) is 4.29. The van der Waals surface area contributed by atoms with Crippen LogP contribution in [0.15, 0.2) is 22.7 Å². The van der Waals surface area contributed by atoms with E-state index >= 15 is 0 Å². The first-order valence-electron chi connectivity index (χ1n) is 7.95. The van der Waals surface area contributed by atoms with Crippen LogP contribution in [-0.4, -0.2) is 6.54 Å². The summed E-state index contributed by atoms with van der Waals surface area (Å²) in [7, 11) is 0. The van der Waals surface area contributed by atoms with Crippen molar-refractivity contribution in [3.63, 3.8) is 0 Å². The molecule has 1 aromatic carbocycles. The molecule has 1 nitrogen and oxygen atoms in total. The Bertz CT molecular complexity index is 481. The van der Waals surface area contributed by atoms with Crippen LogP contribution in [0.5, 0.6) is 0 Å². The van der Waals surface area contributed by atoms with E-state index in [-0.39, 0.29) is 5.82 Å². The van der Waals surface area contributed by atoms with E-state index in [1.54, 1.807) is 12.1 Å². The first-order valence-corrected chi connectivity index (χ1v) is 8.74. The molecule has 21 heavy (non-hydrogen) atoms. The summed E-state index contributed by atoms with van der Waals surface area (Å²) in [6, 6.07) is 5.03. The zero-order chi connectivity index (χ0) is 15.6. The predicted octanol–water partition coefficient (Wildman–Crippen LogP) is 5.17. The summed E-state index contributed by atoms with van der Waals surface area (Å²) in [5.74, 6) is 1.78. The maximum atomic E-state index is 13.2. The molecule has 0 spiro atoms. The van der Waals surface area contributed by atoms with Gasteiger partial charge in [0.1, 0.15) is 5.82 Å². The lowest BCUT2D eigenvalue weighted by Gasteiger charge is -2.42. The van der Waals surface area contributed by atoms with Crippen molar-refractivity contribution < 1.29 is 4.39 Å². The van der Waals surface area contributed by atoms with Crippen molar-refractivity contribution in [1.29, 1.82) is 0 Å². The molecular formula is C18H27BrFN. The highest BCUT2D eigenvalue weighted by atomic mass is 79.9. The average Bonchev–Trinajstić information content (AvgIpc) is 2.41. The minimum Gasteiger partial charge on any atom is -0.330 e. The molecule has 0 heterocycles. The fraction of sp³-hybridized carbons (Fsp3) is 0.667. The third-order valence-electron chi connectivity index (χ3n) is 5.16. The summed E-state index contributed by atoms with van der Waals surface area (Å²) in [4.78, 5) is 0. The lowest BCUT2D eigenvalue weighted by Crippen LogP contribution is -2.36. The second kappa shape index (κ2) is 6.78. The molecule has 1 aliphatic carbocycles. The Morgan fingerprint density at radius 2 is 1.95 bits per heavy atom.